The summed E-state index contributed by atoms with van der Waals surface area (Å²) in [6.45, 7) is 0. The highest BCUT2D eigenvalue weighted by Crippen LogP contribution is 2.53. The van der Waals surface area contributed by atoms with E-state index in [1.54, 1.807) is 0 Å². The number of ketones is 3. The Kier molecular flexibility index (Phi) is 4.74. The highest BCUT2D eigenvalue weighted by atomic mass is 35.5. The van der Waals surface area contributed by atoms with Crippen molar-refractivity contribution in [1.29, 1.82) is 0 Å². The number of hydrogen-bond donors (Lipinski definition) is 5. The van der Waals surface area contributed by atoms with Gasteiger partial charge in [0.25, 0.3) is 5.91 Å². The lowest BCUT2D eigenvalue weighted by Gasteiger charge is -2.49. The number of primary amides is 1. The van der Waals surface area contributed by atoms with E-state index in [4.69, 9.17) is 17.3 Å². The first-order valence-electron chi connectivity index (χ1n) is 9.56. The molecule has 0 radical (unpaired) electrons. The average molecular weight is 463 g/mol. The van der Waals surface area contributed by atoms with Crippen molar-refractivity contribution in [3.05, 3.63) is 45.2 Å². The second-order valence-corrected chi connectivity index (χ2v) is 8.70. The van der Waals surface area contributed by atoms with Gasteiger partial charge in [-0.05, 0) is 32.6 Å². The Bertz CT molecular complexity index is 1200. The zero-order chi connectivity index (χ0) is 23.9. The van der Waals surface area contributed by atoms with Gasteiger partial charge in [0.15, 0.2) is 17.2 Å². The second kappa shape index (κ2) is 6.89. The third kappa shape index (κ3) is 2.54. The van der Waals surface area contributed by atoms with Crippen molar-refractivity contribution >= 4 is 40.6 Å². The molecule has 11 heteroatoms. The standard InChI is InChI=1S/C21H19ClN2O8/c1-24(2)14-7-5-6-10(16(27)12-9(25)4-3-8(22)11(12)15(6)26)18(29)21(7,32)19(30)13(17(14)28)20(23)31/h3-4,6-7,14,25,27,30,32H,5H2,1-2H3,(H2,23,31)/t6-,7-,14-,21-/m0/s1. The predicted octanol–water partition coefficient (Wildman–Crippen LogP) is 0.258. The van der Waals surface area contributed by atoms with Gasteiger partial charge in [0, 0.05) is 5.92 Å². The molecule has 10 nitrogen and oxygen atoms in total. The number of nitrogens with zero attached hydrogens (tertiary/aromatic N) is 1. The molecule has 3 aliphatic rings. The summed E-state index contributed by atoms with van der Waals surface area (Å²) in [5, 5.41) is 43.1. The SMILES string of the molecule is CN(C)[C@@H]1C(=O)C(C(N)=O)=C(O)[C@@]2(O)C(=O)C3=C(O)c4c(O)ccc(Cl)c4C(=O)[C@H]3C[C@@H]12. The molecular weight excluding hydrogens is 444 g/mol. The molecule has 168 valence electrons. The molecule has 0 bridgehead atoms. The molecule has 1 aromatic carbocycles. The molecule has 4 atom stereocenters. The number of Topliss-reactive ketones (excluding diaryl/α,β-unsaturated/α-hetero) is 3. The van der Waals surface area contributed by atoms with Crippen molar-refractivity contribution in [3.8, 4) is 5.75 Å². The normalized spacial score (nSPS) is 29.8. The molecule has 1 fully saturated rings. The Labute approximate surface area is 186 Å². The number of likely N-dealkylation sites (N-methyl/N-ethyl adjacent to an activating group) is 1. The van der Waals surface area contributed by atoms with E-state index in [0.717, 1.165) is 6.07 Å². The smallest absolute Gasteiger partial charge is 0.255 e. The summed E-state index contributed by atoms with van der Waals surface area (Å²) < 4.78 is 0. The topological polar surface area (TPSA) is 178 Å². The number of aliphatic hydroxyl groups excluding tert-OH is 2. The highest BCUT2D eigenvalue weighted by molar-refractivity contribution is 6.36. The average Bonchev–Trinajstić information content (AvgIpc) is 2.69. The van der Waals surface area contributed by atoms with E-state index in [9.17, 15) is 39.6 Å². The lowest BCUT2D eigenvalue weighted by molar-refractivity contribution is -0.153. The number of aliphatic hydroxyl groups is 3. The van der Waals surface area contributed by atoms with Gasteiger partial charge in [-0.3, -0.25) is 24.1 Å². The molecule has 1 amide bonds. The molecule has 0 heterocycles. The van der Waals surface area contributed by atoms with Crippen LogP contribution in [0.4, 0.5) is 0 Å². The van der Waals surface area contributed by atoms with Crippen LogP contribution in [-0.4, -0.2) is 74.3 Å². The van der Waals surface area contributed by atoms with Gasteiger partial charge in [0.1, 0.15) is 22.8 Å². The molecule has 0 aromatic heterocycles. The Hall–Kier alpha value is -3.21. The maximum Gasteiger partial charge on any atom is 0.255 e. The van der Waals surface area contributed by atoms with Crippen LogP contribution >= 0.6 is 11.6 Å². The highest BCUT2D eigenvalue weighted by Gasteiger charge is 2.65. The van der Waals surface area contributed by atoms with Gasteiger partial charge in [0.2, 0.25) is 5.78 Å². The fourth-order valence-corrected chi connectivity index (χ4v) is 5.30. The number of carbonyl (C=O) groups excluding carboxylic acids is 4. The minimum Gasteiger partial charge on any atom is -0.508 e. The summed E-state index contributed by atoms with van der Waals surface area (Å²) in [4.78, 5) is 53.0. The first-order valence-corrected chi connectivity index (χ1v) is 9.93. The largest absolute Gasteiger partial charge is 0.508 e. The van der Waals surface area contributed by atoms with E-state index in [1.807, 2.05) is 0 Å². The molecule has 3 aliphatic carbocycles. The Morgan fingerprint density at radius 2 is 1.75 bits per heavy atom. The number of carbonyl (C=O) groups is 4. The van der Waals surface area contributed by atoms with Gasteiger partial charge in [-0.1, -0.05) is 11.6 Å². The Morgan fingerprint density at radius 3 is 2.31 bits per heavy atom. The van der Waals surface area contributed by atoms with Crippen LogP contribution in [0.5, 0.6) is 5.75 Å². The molecule has 4 rings (SSSR count). The van der Waals surface area contributed by atoms with Crippen LogP contribution in [0, 0.1) is 11.8 Å². The van der Waals surface area contributed by atoms with Gasteiger partial charge < -0.3 is 26.2 Å². The van der Waals surface area contributed by atoms with Crippen molar-refractivity contribution in [2.75, 3.05) is 14.1 Å². The first kappa shape index (κ1) is 22.0. The van der Waals surface area contributed by atoms with Crippen molar-refractivity contribution < 1.29 is 39.6 Å². The zero-order valence-electron chi connectivity index (χ0n) is 16.9. The molecule has 0 spiro atoms. The van der Waals surface area contributed by atoms with Gasteiger partial charge in [0.05, 0.1) is 33.7 Å². The van der Waals surface area contributed by atoms with Crippen LogP contribution in [0.1, 0.15) is 22.3 Å². The number of amides is 1. The third-order valence-electron chi connectivity index (χ3n) is 6.45. The van der Waals surface area contributed by atoms with Crippen LogP contribution in [0.2, 0.25) is 5.02 Å². The van der Waals surface area contributed by atoms with Crippen LogP contribution < -0.4 is 5.73 Å². The van der Waals surface area contributed by atoms with Crippen LogP contribution in [0.25, 0.3) is 5.76 Å². The molecule has 6 N–H and O–H groups in total. The third-order valence-corrected chi connectivity index (χ3v) is 6.76. The van der Waals surface area contributed by atoms with E-state index in [-0.39, 0.29) is 22.6 Å². The van der Waals surface area contributed by atoms with E-state index in [1.165, 1.54) is 25.1 Å². The molecule has 0 aliphatic heterocycles. The molecule has 0 unspecified atom stereocenters. The molecule has 1 aromatic rings. The van der Waals surface area contributed by atoms with Crippen LogP contribution in [0.3, 0.4) is 0 Å². The van der Waals surface area contributed by atoms with Gasteiger partial charge in [-0.2, -0.15) is 0 Å². The van der Waals surface area contributed by atoms with Gasteiger partial charge >= 0.3 is 0 Å². The van der Waals surface area contributed by atoms with Gasteiger partial charge in [-0.25, -0.2) is 0 Å². The van der Waals surface area contributed by atoms with Crippen molar-refractivity contribution in [2.24, 2.45) is 17.6 Å². The minimum absolute atomic E-state index is 0.0654. The van der Waals surface area contributed by atoms with E-state index in [2.05, 4.69) is 0 Å². The number of phenolic OH excluding ortho intramolecular Hbond substituents is 1. The summed E-state index contributed by atoms with van der Waals surface area (Å²) in [5.74, 6) is -9.40. The summed E-state index contributed by atoms with van der Waals surface area (Å²) in [6.07, 6.45) is -0.337. The van der Waals surface area contributed by atoms with Crippen molar-refractivity contribution in [2.45, 2.75) is 18.1 Å². The second-order valence-electron chi connectivity index (χ2n) is 8.29. The van der Waals surface area contributed by atoms with Gasteiger partial charge in [-0.15, -0.1) is 0 Å². The number of rotatable bonds is 2. The fraction of sp³-hybridized carbons (Fsp3) is 0.333. The quantitative estimate of drug-likeness (QED) is 0.385. The minimum atomic E-state index is -2.81. The summed E-state index contributed by atoms with van der Waals surface area (Å²) in [5.41, 5.74) is 0.373. The van der Waals surface area contributed by atoms with E-state index in [0.29, 0.717) is 0 Å². The summed E-state index contributed by atoms with van der Waals surface area (Å²) in [7, 11) is 2.92. The maximum absolute atomic E-state index is 13.5. The van der Waals surface area contributed by atoms with Crippen LogP contribution in [0.15, 0.2) is 29.0 Å². The summed E-state index contributed by atoms with van der Waals surface area (Å²) >= 11 is 6.12. The maximum atomic E-state index is 13.5. The molecule has 0 saturated heterocycles. The number of halogens is 1. The van der Waals surface area contributed by atoms with Crippen molar-refractivity contribution in [1.82, 2.24) is 4.90 Å². The van der Waals surface area contributed by atoms with Crippen LogP contribution in [-0.2, 0) is 14.4 Å². The number of benzene rings is 1. The number of phenols is 1. The number of aromatic hydroxyl groups is 1. The predicted molar refractivity (Wildman–Crippen MR) is 110 cm³/mol. The molecule has 1 saturated carbocycles. The first-order chi connectivity index (χ1) is 14.8. The molecule has 32 heavy (non-hydrogen) atoms. The summed E-state index contributed by atoms with van der Waals surface area (Å²) in [6, 6.07) is 1.10. The van der Waals surface area contributed by atoms with Crippen molar-refractivity contribution in [3.63, 3.8) is 0 Å². The fourth-order valence-electron chi connectivity index (χ4n) is 5.05. The van der Waals surface area contributed by atoms with E-state index >= 15 is 0 Å². The number of fused-ring (bicyclic) bond motifs is 3. The number of hydrogen-bond acceptors (Lipinski definition) is 9. The molecular formula is C21H19ClN2O8. The lowest BCUT2D eigenvalue weighted by Crippen LogP contribution is -2.66. The Balaban J connectivity index is 2.04. The number of nitrogens with two attached hydrogens (primary N) is 1. The Morgan fingerprint density at radius 1 is 1.12 bits per heavy atom. The lowest BCUT2D eigenvalue weighted by atomic mass is 9.57. The zero-order valence-corrected chi connectivity index (χ0v) is 17.7. The van der Waals surface area contributed by atoms with E-state index < -0.39 is 75.1 Å². The monoisotopic (exact) mass is 462 g/mol.